The van der Waals surface area contributed by atoms with Crippen LogP contribution in [0, 0.1) is 5.92 Å². The van der Waals surface area contributed by atoms with E-state index in [-0.39, 0.29) is 29.9 Å². The Kier molecular flexibility index (Phi) is 5.96. The molecular formula is C20H29N3O5. The van der Waals surface area contributed by atoms with Crippen molar-refractivity contribution in [2.24, 2.45) is 5.92 Å². The summed E-state index contributed by atoms with van der Waals surface area (Å²) in [4.78, 5) is 31.5. The number of ether oxygens (including phenoxy) is 2. The van der Waals surface area contributed by atoms with Gasteiger partial charge in [-0.2, -0.15) is 0 Å². The minimum atomic E-state index is -0.322. The molecule has 28 heavy (non-hydrogen) atoms. The summed E-state index contributed by atoms with van der Waals surface area (Å²) in [5.41, 5.74) is 0.302. The van der Waals surface area contributed by atoms with Crippen molar-refractivity contribution in [2.45, 2.75) is 57.1 Å². The lowest BCUT2D eigenvalue weighted by molar-refractivity contribution is -0.143. The maximum absolute atomic E-state index is 12.7. The van der Waals surface area contributed by atoms with Crippen LogP contribution in [0.2, 0.25) is 0 Å². The van der Waals surface area contributed by atoms with Gasteiger partial charge in [-0.05, 0) is 44.9 Å². The number of carbonyl (C=O) groups excluding carboxylic acids is 2. The second kappa shape index (κ2) is 8.61. The van der Waals surface area contributed by atoms with Crippen LogP contribution in [0.3, 0.4) is 0 Å². The topological polar surface area (TPSA) is 93.9 Å². The summed E-state index contributed by atoms with van der Waals surface area (Å²) in [5, 5.41) is 2.99. The molecule has 0 bridgehead atoms. The molecule has 8 nitrogen and oxygen atoms in total. The number of nitrogens with one attached hydrogen (secondary N) is 1. The number of likely N-dealkylation sites (tertiary alicyclic amines) is 1. The highest BCUT2D eigenvalue weighted by atomic mass is 16.5. The van der Waals surface area contributed by atoms with Gasteiger partial charge >= 0.3 is 0 Å². The summed E-state index contributed by atoms with van der Waals surface area (Å²) in [6.45, 7) is 5.02. The summed E-state index contributed by atoms with van der Waals surface area (Å²) in [6, 6.07) is -0.0684. The van der Waals surface area contributed by atoms with Gasteiger partial charge < -0.3 is 24.1 Å². The zero-order chi connectivity index (χ0) is 19.5. The molecule has 1 aromatic rings. The highest BCUT2D eigenvalue weighted by molar-refractivity contribution is 5.92. The Balaban J connectivity index is 1.29. The van der Waals surface area contributed by atoms with E-state index < -0.39 is 0 Å². The predicted molar refractivity (Wildman–Crippen MR) is 99.9 cm³/mol. The normalized spacial score (nSPS) is 24.3. The molecule has 3 fully saturated rings. The van der Waals surface area contributed by atoms with E-state index in [0.717, 1.165) is 32.1 Å². The number of rotatable bonds is 7. The molecule has 1 aliphatic carbocycles. The number of nitrogens with zero attached hydrogens (tertiary/aromatic N) is 2. The Morgan fingerprint density at radius 1 is 1.29 bits per heavy atom. The Hall–Kier alpha value is -1.93. The lowest BCUT2D eigenvalue weighted by Gasteiger charge is -2.23. The summed E-state index contributed by atoms with van der Waals surface area (Å²) >= 11 is 0. The lowest BCUT2D eigenvalue weighted by atomic mass is 10.0. The predicted octanol–water partition coefficient (Wildman–Crippen LogP) is 1.71. The van der Waals surface area contributed by atoms with E-state index in [0.29, 0.717) is 50.4 Å². The molecule has 3 heterocycles. The van der Waals surface area contributed by atoms with Crippen LogP contribution < -0.4 is 5.32 Å². The molecule has 2 amide bonds. The number of oxazole rings is 1. The molecule has 0 spiro atoms. The van der Waals surface area contributed by atoms with Gasteiger partial charge in [0.05, 0.1) is 0 Å². The first-order valence-corrected chi connectivity index (χ1v) is 10.4. The standard InChI is InChI=1S/C20H29N3O5/c1-2-27-17(13-3-4-13)20(25)23-8-5-15(11-23)21-18(24)16-12-28-19(22-16)14-6-9-26-10-7-14/h12-15,17H,2-11H2,1H3,(H,21,24). The van der Waals surface area contributed by atoms with E-state index in [1.165, 1.54) is 6.26 Å². The monoisotopic (exact) mass is 391 g/mol. The van der Waals surface area contributed by atoms with Crippen LogP contribution in [-0.2, 0) is 14.3 Å². The van der Waals surface area contributed by atoms with Gasteiger partial charge in [-0.1, -0.05) is 0 Å². The second-order valence-electron chi connectivity index (χ2n) is 7.91. The molecule has 2 aliphatic heterocycles. The van der Waals surface area contributed by atoms with Crippen molar-refractivity contribution < 1.29 is 23.5 Å². The summed E-state index contributed by atoms with van der Waals surface area (Å²) in [7, 11) is 0. The Labute approximate surface area is 164 Å². The van der Waals surface area contributed by atoms with E-state index in [9.17, 15) is 9.59 Å². The highest BCUT2D eigenvalue weighted by Gasteiger charge is 2.41. The van der Waals surface area contributed by atoms with E-state index >= 15 is 0 Å². The molecule has 154 valence electrons. The van der Waals surface area contributed by atoms with Gasteiger partial charge in [0.15, 0.2) is 11.6 Å². The number of aromatic nitrogens is 1. The van der Waals surface area contributed by atoms with Crippen molar-refractivity contribution in [3.63, 3.8) is 0 Å². The smallest absolute Gasteiger partial charge is 0.273 e. The largest absolute Gasteiger partial charge is 0.448 e. The van der Waals surface area contributed by atoms with Crippen molar-refractivity contribution in [1.29, 1.82) is 0 Å². The molecule has 2 atom stereocenters. The zero-order valence-corrected chi connectivity index (χ0v) is 16.4. The molecule has 0 aromatic carbocycles. The van der Waals surface area contributed by atoms with Crippen molar-refractivity contribution >= 4 is 11.8 Å². The van der Waals surface area contributed by atoms with Gasteiger partial charge in [0, 0.05) is 44.9 Å². The molecule has 2 unspecified atom stereocenters. The van der Waals surface area contributed by atoms with Gasteiger partial charge in [-0.15, -0.1) is 0 Å². The van der Waals surface area contributed by atoms with Gasteiger partial charge in [0.1, 0.15) is 12.4 Å². The molecule has 3 aliphatic rings. The zero-order valence-electron chi connectivity index (χ0n) is 16.4. The maximum atomic E-state index is 12.7. The molecule has 8 heteroatoms. The first-order chi connectivity index (χ1) is 13.7. The van der Waals surface area contributed by atoms with Gasteiger partial charge in [-0.3, -0.25) is 9.59 Å². The van der Waals surface area contributed by atoms with Crippen molar-refractivity contribution in [1.82, 2.24) is 15.2 Å². The summed E-state index contributed by atoms with van der Waals surface area (Å²) in [6.07, 6.45) is 5.70. The number of carbonyl (C=O) groups is 2. The molecule has 1 saturated carbocycles. The SMILES string of the molecule is CCOC(C(=O)N1CCC(NC(=O)c2coc(C3CCOCC3)n2)C1)C1CC1. The lowest BCUT2D eigenvalue weighted by Crippen LogP contribution is -2.43. The number of amides is 2. The minimum absolute atomic E-state index is 0.0596. The third-order valence-electron chi connectivity index (χ3n) is 5.80. The maximum Gasteiger partial charge on any atom is 0.273 e. The van der Waals surface area contributed by atoms with E-state index in [1.54, 1.807) is 0 Å². The second-order valence-corrected chi connectivity index (χ2v) is 7.91. The fraction of sp³-hybridized carbons (Fsp3) is 0.750. The molecule has 4 rings (SSSR count). The fourth-order valence-electron chi connectivity index (χ4n) is 4.03. The molecular weight excluding hydrogens is 362 g/mol. The first-order valence-electron chi connectivity index (χ1n) is 10.4. The first kappa shape index (κ1) is 19.4. The van der Waals surface area contributed by atoms with Gasteiger partial charge in [0.2, 0.25) is 0 Å². The Morgan fingerprint density at radius 3 is 2.79 bits per heavy atom. The van der Waals surface area contributed by atoms with Crippen LogP contribution in [0.25, 0.3) is 0 Å². The van der Waals surface area contributed by atoms with Crippen LogP contribution >= 0.6 is 0 Å². The van der Waals surface area contributed by atoms with Crippen LogP contribution in [0.1, 0.15) is 61.3 Å². The van der Waals surface area contributed by atoms with Crippen molar-refractivity contribution in [2.75, 3.05) is 32.9 Å². The van der Waals surface area contributed by atoms with Crippen LogP contribution in [0.15, 0.2) is 10.7 Å². The molecule has 1 N–H and O–H groups in total. The van der Waals surface area contributed by atoms with Crippen LogP contribution in [0.4, 0.5) is 0 Å². The van der Waals surface area contributed by atoms with Gasteiger partial charge in [0.25, 0.3) is 11.8 Å². The number of hydrogen-bond donors (Lipinski definition) is 1. The van der Waals surface area contributed by atoms with Crippen molar-refractivity contribution in [3.05, 3.63) is 17.8 Å². The highest BCUT2D eigenvalue weighted by Crippen LogP contribution is 2.35. The minimum Gasteiger partial charge on any atom is -0.448 e. The van der Waals surface area contributed by atoms with E-state index in [1.807, 2.05) is 11.8 Å². The quantitative estimate of drug-likeness (QED) is 0.761. The summed E-state index contributed by atoms with van der Waals surface area (Å²) in [5.74, 6) is 1.00. The molecule has 0 radical (unpaired) electrons. The van der Waals surface area contributed by atoms with E-state index in [4.69, 9.17) is 13.9 Å². The Morgan fingerprint density at radius 2 is 2.07 bits per heavy atom. The third kappa shape index (κ3) is 4.38. The number of hydrogen-bond acceptors (Lipinski definition) is 6. The third-order valence-corrected chi connectivity index (χ3v) is 5.80. The molecule has 2 saturated heterocycles. The van der Waals surface area contributed by atoms with Crippen LogP contribution in [-0.4, -0.2) is 66.8 Å². The average Bonchev–Trinajstić information content (AvgIpc) is 3.24. The van der Waals surface area contributed by atoms with E-state index in [2.05, 4.69) is 10.3 Å². The summed E-state index contributed by atoms with van der Waals surface area (Å²) < 4.78 is 16.6. The van der Waals surface area contributed by atoms with Crippen LogP contribution in [0.5, 0.6) is 0 Å². The Bertz CT molecular complexity index is 696. The fourth-order valence-corrected chi connectivity index (χ4v) is 4.03. The molecule has 1 aromatic heterocycles. The van der Waals surface area contributed by atoms with Crippen molar-refractivity contribution in [3.8, 4) is 0 Å². The average molecular weight is 391 g/mol. The van der Waals surface area contributed by atoms with Gasteiger partial charge in [-0.25, -0.2) is 4.98 Å².